The number of hydrogen-bond donors (Lipinski definition) is 1. The average molecular weight is 382 g/mol. The van der Waals surface area contributed by atoms with Crippen LogP contribution in [0, 0.1) is 0 Å². The van der Waals surface area contributed by atoms with Crippen molar-refractivity contribution in [3.8, 4) is 5.75 Å². The number of amides is 1. The number of para-hydroxylation sites is 1. The maximum absolute atomic E-state index is 12.7. The first-order valence-electron chi connectivity index (χ1n) is 7.78. The molecule has 1 aromatic carbocycles. The zero-order valence-electron chi connectivity index (χ0n) is 13.6. The summed E-state index contributed by atoms with van der Waals surface area (Å²) in [5.74, 6) is 0.394. The number of nitrogens with zero attached hydrogens (tertiary/aromatic N) is 3. The molecule has 25 heavy (non-hydrogen) atoms. The summed E-state index contributed by atoms with van der Waals surface area (Å²) < 4.78 is 32.6. The van der Waals surface area contributed by atoms with Crippen molar-refractivity contribution < 1.29 is 17.9 Å². The van der Waals surface area contributed by atoms with Crippen LogP contribution in [0.2, 0.25) is 0 Å². The second kappa shape index (κ2) is 7.46. The number of sulfonamides is 1. The molecule has 2 aromatic rings. The highest BCUT2D eigenvalue weighted by Crippen LogP contribution is 2.27. The Morgan fingerprint density at radius 3 is 2.80 bits per heavy atom. The Hall–Kier alpha value is -2.04. The summed E-state index contributed by atoms with van der Waals surface area (Å²) in [4.78, 5) is 11.0. The van der Waals surface area contributed by atoms with Crippen LogP contribution in [-0.4, -0.2) is 48.0 Å². The molecule has 1 aliphatic rings. The molecule has 0 radical (unpaired) electrons. The fourth-order valence-electron chi connectivity index (χ4n) is 2.54. The van der Waals surface area contributed by atoms with Gasteiger partial charge in [0.15, 0.2) is 0 Å². The third-order valence-electron chi connectivity index (χ3n) is 3.64. The Morgan fingerprint density at radius 1 is 1.32 bits per heavy atom. The number of rotatable bonds is 5. The summed E-state index contributed by atoms with van der Waals surface area (Å²) in [5.41, 5.74) is 0. The van der Waals surface area contributed by atoms with Crippen molar-refractivity contribution in [1.29, 1.82) is 0 Å². The predicted octanol–water partition coefficient (Wildman–Crippen LogP) is 1.73. The van der Waals surface area contributed by atoms with Gasteiger partial charge in [-0.25, -0.2) is 8.42 Å². The SMILES string of the molecule is CC(=O)Nc1nnc(S(=O)(=O)N2CCCC(Oc3ccccc3)C2)s1. The number of aromatic nitrogens is 2. The number of carbonyl (C=O) groups excluding carboxylic acids is 1. The van der Waals surface area contributed by atoms with Crippen molar-refractivity contribution in [1.82, 2.24) is 14.5 Å². The monoisotopic (exact) mass is 382 g/mol. The molecular weight excluding hydrogens is 364 g/mol. The van der Waals surface area contributed by atoms with Crippen LogP contribution in [0.5, 0.6) is 5.75 Å². The van der Waals surface area contributed by atoms with Crippen LogP contribution in [0.4, 0.5) is 5.13 Å². The molecule has 1 fully saturated rings. The second-order valence-corrected chi connectivity index (χ2v) is 8.70. The summed E-state index contributed by atoms with van der Waals surface area (Å²) in [6.07, 6.45) is 1.27. The number of hydrogen-bond acceptors (Lipinski definition) is 7. The third-order valence-corrected chi connectivity index (χ3v) is 6.69. The van der Waals surface area contributed by atoms with Gasteiger partial charge in [0.2, 0.25) is 15.4 Å². The Balaban J connectivity index is 1.71. The molecule has 1 amide bonds. The molecular formula is C15H18N4O4S2. The Bertz CT molecular complexity index is 838. The quantitative estimate of drug-likeness (QED) is 0.790. The van der Waals surface area contributed by atoms with E-state index < -0.39 is 10.0 Å². The van der Waals surface area contributed by atoms with E-state index in [0.717, 1.165) is 23.5 Å². The first-order valence-corrected chi connectivity index (χ1v) is 10.0. The highest BCUT2D eigenvalue weighted by molar-refractivity contribution is 7.91. The zero-order valence-corrected chi connectivity index (χ0v) is 15.2. The largest absolute Gasteiger partial charge is 0.489 e. The maximum Gasteiger partial charge on any atom is 0.272 e. The lowest BCUT2D eigenvalue weighted by Gasteiger charge is -2.31. The van der Waals surface area contributed by atoms with Crippen molar-refractivity contribution in [2.45, 2.75) is 30.2 Å². The van der Waals surface area contributed by atoms with Crippen LogP contribution in [0.1, 0.15) is 19.8 Å². The zero-order chi connectivity index (χ0) is 17.9. The van der Waals surface area contributed by atoms with E-state index in [9.17, 15) is 13.2 Å². The molecule has 0 saturated carbocycles. The summed E-state index contributed by atoms with van der Waals surface area (Å²) in [6, 6.07) is 9.33. The molecule has 1 N–H and O–H groups in total. The molecule has 0 spiro atoms. The number of benzene rings is 1. The van der Waals surface area contributed by atoms with E-state index in [2.05, 4.69) is 15.5 Å². The van der Waals surface area contributed by atoms with Crippen LogP contribution >= 0.6 is 11.3 Å². The van der Waals surface area contributed by atoms with Gasteiger partial charge in [-0.3, -0.25) is 4.79 Å². The number of carbonyl (C=O) groups is 1. The molecule has 134 valence electrons. The summed E-state index contributed by atoms with van der Waals surface area (Å²) in [7, 11) is -3.76. The van der Waals surface area contributed by atoms with Gasteiger partial charge in [0, 0.05) is 13.5 Å². The second-order valence-electron chi connectivity index (χ2n) is 5.61. The van der Waals surface area contributed by atoms with E-state index in [0.29, 0.717) is 13.0 Å². The van der Waals surface area contributed by atoms with Crippen molar-refractivity contribution in [3.05, 3.63) is 30.3 Å². The highest BCUT2D eigenvalue weighted by Gasteiger charge is 2.33. The van der Waals surface area contributed by atoms with Crippen LogP contribution in [0.15, 0.2) is 34.7 Å². The third kappa shape index (κ3) is 4.33. The highest BCUT2D eigenvalue weighted by atomic mass is 32.2. The van der Waals surface area contributed by atoms with Gasteiger partial charge < -0.3 is 10.1 Å². The first-order chi connectivity index (χ1) is 11.9. The topological polar surface area (TPSA) is 101 Å². The Kier molecular flexibility index (Phi) is 5.30. The molecule has 10 heteroatoms. The lowest BCUT2D eigenvalue weighted by Crippen LogP contribution is -2.44. The minimum atomic E-state index is -3.76. The van der Waals surface area contributed by atoms with E-state index in [1.54, 1.807) is 0 Å². The van der Waals surface area contributed by atoms with Gasteiger partial charge in [-0.15, -0.1) is 10.2 Å². The number of anilines is 1. The van der Waals surface area contributed by atoms with Crippen LogP contribution in [0.3, 0.4) is 0 Å². The van der Waals surface area contributed by atoms with Gasteiger partial charge in [-0.1, -0.05) is 29.5 Å². The Labute approximate surface area is 149 Å². The van der Waals surface area contributed by atoms with E-state index >= 15 is 0 Å². The minimum absolute atomic E-state index is 0.128. The Morgan fingerprint density at radius 2 is 2.08 bits per heavy atom. The molecule has 1 unspecified atom stereocenters. The molecule has 1 saturated heterocycles. The number of piperidine rings is 1. The lowest BCUT2D eigenvalue weighted by atomic mass is 10.1. The van der Waals surface area contributed by atoms with E-state index in [4.69, 9.17) is 4.74 Å². The fourth-order valence-corrected chi connectivity index (χ4v) is 5.13. The maximum atomic E-state index is 12.7. The lowest BCUT2D eigenvalue weighted by molar-refractivity contribution is -0.114. The van der Waals surface area contributed by atoms with Gasteiger partial charge in [0.25, 0.3) is 10.0 Å². The molecule has 2 heterocycles. The normalized spacial score (nSPS) is 18.7. The van der Waals surface area contributed by atoms with Crippen LogP contribution in [0.25, 0.3) is 0 Å². The van der Waals surface area contributed by atoms with Crippen molar-refractivity contribution in [3.63, 3.8) is 0 Å². The van der Waals surface area contributed by atoms with Crippen LogP contribution < -0.4 is 10.1 Å². The van der Waals surface area contributed by atoms with Crippen molar-refractivity contribution in [2.75, 3.05) is 18.4 Å². The number of nitrogens with one attached hydrogen (secondary N) is 1. The van der Waals surface area contributed by atoms with Gasteiger partial charge >= 0.3 is 0 Å². The molecule has 3 rings (SSSR count). The van der Waals surface area contributed by atoms with Gasteiger partial charge in [-0.05, 0) is 25.0 Å². The van der Waals surface area contributed by atoms with Crippen LogP contribution in [-0.2, 0) is 14.8 Å². The average Bonchev–Trinajstić information content (AvgIpc) is 3.04. The molecule has 1 atom stereocenters. The molecule has 0 aliphatic carbocycles. The standard InChI is InChI=1S/C15H18N4O4S2/c1-11(20)16-14-17-18-15(24-14)25(21,22)19-9-5-8-13(10-19)23-12-6-3-2-4-7-12/h2-4,6-7,13H,5,8-10H2,1H3,(H,16,17,20). The van der Waals surface area contributed by atoms with Gasteiger partial charge in [-0.2, -0.15) is 4.31 Å². The number of ether oxygens (including phenoxy) is 1. The molecule has 1 aromatic heterocycles. The first kappa shape index (κ1) is 17.8. The van der Waals surface area contributed by atoms with E-state index in [1.807, 2.05) is 30.3 Å². The fraction of sp³-hybridized carbons (Fsp3) is 0.400. The summed E-state index contributed by atoms with van der Waals surface area (Å²) in [6.45, 7) is 1.99. The van der Waals surface area contributed by atoms with E-state index in [1.165, 1.54) is 11.2 Å². The molecule has 8 nitrogen and oxygen atoms in total. The smallest absolute Gasteiger partial charge is 0.272 e. The summed E-state index contributed by atoms with van der Waals surface area (Å²) in [5, 5.41) is 10.0. The summed E-state index contributed by atoms with van der Waals surface area (Å²) >= 11 is 0.842. The van der Waals surface area contributed by atoms with Gasteiger partial charge in [0.1, 0.15) is 11.9 Å². The minimum Gasteiger partial charge on any atom is -0.489 e. The van der Waals surface area contributed by atoms with Gasteiger partial charge in [0.05, 0.1) is 6.54 Å². The molecule has 0 bridgehead atoms. The van der Waals surface area contributed by atoms with Crippen molar-refractivity contribution in [2.24, 2.45) is 0 Å². The van der Waals surface area contributed by atoms with E-state index in [-0.39, 0.29) is 28.0 Å². The molecule has 1 aliphatic heterocycles. The van der Waals surface area contributed by atoms with Crippen molar-refractivity contribution >= 4 is 32.4 Å². The predicted molar refractivity (Wildman–Crippen MR) is 93.1 cm³/mol.